The predicted octanol–water partition coefficient (Wildman–Crippen LogP) is 2.37. The summed E-state index contributed by atoms with van der Waals surface area (Å²) in [6, 6.07) is 7.40. The standard InChI is InChI=1S/C14H13N3O2S/c1-19-12-4-3-9(7-13(12)20(2)18)14-16-10-5-6-15-8-11(10)17-14/h3-8H,1-2H3,(H,16,17). The molecule has 3 rings (SSSR count). The van der Waals surface area contributed by atoms with Crippen LogP contribution in [0.2, 0.25) is 0 Å². The lowest BCUT2D eigenvalue weighted by atomic mass is 10.2. The fraction of sp³-hybridized carbons (Fsp3) is 0.143. The number of imidazole rings is 1. The van der Waals surface area contributed by atoms with Crippen molar-refractivity contribution in [1.29, 1.82) is 0 Å². The number of aromatic amines is 1. The topological polar surface area (TPSA) is 73.9 Å². The van der Waals surface area contributed by atoms with E-state index in [4.69, 9.17) is 4.74 Å². The van der Waals surface area contributed by atoms with Crippen molar-refractivity contribution in [2.75, 3.05) is 13.4 Å². The van der Waals surface area contributed by atoms with Crippen LogP contribution < -0.4 is 4.74 Å². The molecule has 20 heavy (non-hydrogen) atoms. The zero-order valence-electron chi connectivity index (χ0n) is 11.1. The Morgan fingerprint density at radius 3 is 2.85 bits per heavy atom. The third-order valence-corrected chi connectivity index (χ3v) is 3.97. The lowest BCUT2D eigenvalue weighted by molar-refractivity contribution is 0.403. The zero-order valence-corrected chi connectivity index (χ0v) is 11.9. The summed E-state index contributed by atoms with van der Waals surface area (Å²) in [6.07, 6.45) is 5.05. The van der Waals surface area contributed by atoms with Gasteiger partial charge in [0, 0.05) is 17.8 Å². The van der Waals surface area contributed by atoms with Crippen molar-refractivity contribution in [3.05, 3.63) is 36.7 Å². The van der Waals surface area contributed by atoms with Crippen molar-refractivity contribution in [3.8, 4) is 17.1 Å². The molecule has 2 aromatic heterocycles. The molecule has 2 heterocycles. The first-order valence-electron chi connectivity index (χ1n) is 6.00. The number of methoxy groups -OCH3 is 1. The highest BCUT2D eigenvalue weighted by atomic mass is 32.2. The Kier molecular flexibility index (Phi) is 3.33. The van der Waals surface area contributed by atoms with Gasteiger partial charge in [0.05, 0.1) is 18.8 Å². The Morgan fingerprint density at radius 1 is 1.30 bits per heavy atom. The third kappa shape index (κ3) is 2.23. The van der Waals surface area contributed by atoms with Crippen molar-refractivity contribution < 1.29 is 9.29 Å². The molecule has 0 saturated heterocycles. The molecule has 102 valence electrons. The molecule has 1 aromatic carbocycles. The average Bonchev–Trinajstić information content (AvgIpc) is 2.90. The highest BCUT2D eigenvalue weighted by molar-refractivity contribution is 7.90. The van der Waals surface area contributed by atoms with Gasteiger partial charge in [0.15, 0.2) is 10.6 Å². The number of aromatic nitrogens is 3. The summed E-state index contributed by atoms with van der Waals surface area (Å²) in [4.78, 5) is 12.4. The van der Waals surface area contributed by atoms with E-state index in [9.17, 15) is 4.55 Å². The molecule has 0 bridgehead atoms. The molecule has 0 spiro atoms. The van der Waals surface area contributed by atoms with Gasteiger partial charge in [0.25, 0.3) is 0 Å². The van der Waals surface area contributed by atoms with Crippen molar-refractivity contribution in [2.45, 2.75) is 4.90 Å². The molecular weight excluding hydrogens is 274 g/mol. The second-order valence-corrected chi connectivity index (χ2v) is 5.65. The monoisotopic (exact) mass is 287 g/mol. The van der Waals surface area contributed by atoms with E-state index in [1.165, 1.54) is 0 Å². The van der Waals surface area contributed by atoms with Gasteiger partial charge in [-0.05, 0) is 29.4 Å². The smallest absolute Gasteiger partial charge is 0.195 e. The molecule has 3 aromatic rings. The molecule has 0 aliphatic heterocycles. The average molecular weight is 287 g/mol. The second-order valence-electron chi connectivity index (χ2n) is 4.30. The molecule has 0 amide bonds. The van der Waals surface area contributed by atoms with E-state index < -0.39 is 11.2 Å². The van der Waals surface area contributed by atoms with Gasteiger partial charge in [-0.15, -0.1) is 0 Å². The van der Waals surface area contributed by atoms with Crippen molar-refractivity contribution in [1.82, 2.24) is 15.0 Å². The number of ether oxygens (including phenoxy) is 1. The minimum Gasteiger partial charge on any atom is -0.612 e. The highest BCUT2D eigenvalue weighted by Gasteiger charge is 2.15. The maximum absolute atomic E-state index is 11.8. The Labute approximate surface area is 119 Å². The van der Waals surface area contributed by atoms with Crippen molar-refractivity contribution in [2.24, 2.45) is 0 Å². The predicted molar refractivity (Wildman–Crippen MR) is 78.2 cm³/mol. The first kappa shape index (κ1) is 13.0. The number of hydrogen-bond donors (Lipinski definition) is 1. The van der Waals surface area contributed by atoms with E-state index in [2.05, 4.69) is 15.0 Å². The van der Waals surface area contributed by atoms with Crippen molar-refractivity contribution in [3.63, 3.8) is 0 Å². The van der Waals surface area contributed by atoms with E-state index in [1.54, 1.807) is 31.8 Å². The largest absolute Gasteiger partial charge is 0.612 e. The molecule has 6 heteroatoms. The minimum atomic E-state index is -1.12. The van der Waals surface area contributed by atoms with E-state index >= 15 is 0 Å². The lowest BCUT2D eigenvalue weighted by Gasteiger charge is -2.10. The molecule has 0 aliphatic rings. The highest BCUT2D eigenvalue weighted by Crippen LogP contribution is 2.29. The number of H-pyrrole nitrogens is 1. The number of nitrogens with zero attached hydrogens (tertiary/aromatic N) is 2. The first-order valence-corrected chi connectivity index (χ1v) is 7.56. The summed E-state index contributed by atoms with van der Waals surface area (Å²) in [5.41, 5.74) is 2.59. The van der Waals surface area contributed by atoms with Crippen LogP contribution in [-0.2, 0) is 11.2 Å². The molecule has 0 aliphatic carbocycles. The van der Waals surface area contributed by atoms with Gasteiger partial charge in [-0.2, -0.15) is 0 Å². The van der Waals surface area contributed by atoms with E-state index in [1.807, 2.05) is 18.2 Å². The molecule has 1 unspecified atom stereocenters. The maximum atomic E-state index is 11.8. The van der Waals surface area contributed by atoms with E-state index in [-0.39, 0.29) is 0 Å². The molecular formula is C14H13N3O2S. The number of hydrogen-bond acceptors (Lipinski definition) is 4. The number of pyridine rings is 1. The van der Waals surface area contributed by atoms with Gasteiger partial charge in [-0.1, -0.05) is 0 Å². The second kappa shape index (κ2) is 5.15. The summed E-state index contributed by atoms with van der Waals surface area (Å²) in [5, 5.41) is 0. The summed E-state index contributed by atoms with van der Waals surface area (Å²) < 4.78 is 17.0. The Bertz CT molecular complexity index is 722. The Morgan fingerprint density at radius 2 is 2.15 bits per heavy atom. The quantitative estimate of drug-likeness (QED) is 0.750. The molecule has 0 radical (unpaired) electrons. The fourth-order valence-corrected chi connectivity index (χ4v) is 2.77. The van der Waals surface area contributed by atoms with Gasteiger partial charge in [-0.25, -0.2) is 4.98 Å². The molecule has 0 saturated carbocycles. The van der Waals surface area contributed by atoms with E-state index in [0.717, 1.165) is 22.4 Å². The number of fused-ring (bicyclic) bond motifs is 1. The minimum absolute atomic E-state index is 0.618. The SMILES string of the molecule is COc1ccc(-c2nc3cnccc3[nH]2)cc1[S+](C)[O-]. The normalized spacial score (nSPS) is 12.6. The van der Waals surface area contributed by atoms with Crippen LogP contribution in [-0.4, -0.2) is 32.9 Å². The zero-order chi connectivity index (χ0) is 14.1. The molecule has 0 fully saturated rings. The fourth-order valence-electron chi connectivity index (χ4n) is 2.04. The lowest BCUT2D eigenvalue weighted by Crippen LogP contribution is -2.01. The maximum Gasteiger partial charge on any atom is 0.195 e. The summed E-state index contributed by atoms with van der Waals surface area (Å²) in [5.74, 6) is 1.34. The van der Waals surface area contributed by atoms with Crippen LogP contribution in [0, 0.1) is 0 Å². The Hall–Kier alpha value is -2.05. The van der Waals surface area contributed by atoms with Gasteiger partial charge in [0.2, 0.25) is 0 Å². The van der Waals surface area contributed by atoms with Crippen LogP contribution in [0.1, 0.15) is 0 Å². The third-order valence-electron chi connectivity index (χ3n) is 3.03. The number of benzene rings is 1. The van der Waals surface area contributed by atoms with Crippen LogP contribution in [0.15, 0.2) is 41.6 Å². The van der Waals surface area contributed by atoms with Crippen LogP contribution >= 0.6 is 0 Å². The van der Waals surface area contributed by atoms with E-state index in [0.29, 0.717) is 10.6 Å². The summed E-state index contributed by atoms with van der Waals surface area (Å²) >= 11 is -1.12. The summed E-state index contributed by atoms with van der Waals surface area (Å²) in [6.45, 7) is 0. The van der Waals surface area contributed by atoms with Crippen LogP contribution in [0.4, 0.5) is 0 Å². The van der Waals surface area contributed by atoms with Crippen LogP contribution in [0.5, 0.6) is 5.75 Å². The van der Waals surface area contributed by atoms with Crippen LogP contribution in [0.3, 0.4) is 0 Å². The van der Waals surface area contributed by atoms with Gasteiger partial charge in [-0.3, -0.25) is 4.98 Å². The Balaban J connectivity index is 2.11. The number of rotatable bonds is 3. The molecule has 1 atom stereocenters. The van der Waals surface area contributed by atoms with Gasteiger partial charge in [0.1, 0.15) is 17.6 Å². The summed E-state index contributed by atoms with van der Waals surface area (Å²) in [7, 11) is 1.57. The number of nitrogens with one attached hydrogen (secondary N) is 1. The molecule has 5 nitrogen and oxygen atoms in total. The van der Waals surface area contributed by atoms with Gasteiger partial charge >= 0.3 is 0 Å². The van der Waals surface area contributed by atoms with Crippen LogP contribution in [0.25, 0.3) is 22.4 Å². The first-order chi connectivity index (χ1) is 9.69. The molecule has 1 N–H and O–H groups in total. The van der Waals surface area contributed by atoms with Gasteiger partial charge < -0.3 is 14.3 Å². The van der Waals surface area contributed by atoms with Crippen molar-refractivity contribution >= 4 is 22.2 Å².